The number of carboxylic acids is 1. The summed E-state index contributed by atoms with van der Waals surface area (Å²) in [5.41, 5.74) is 2.12. The third-order valence-electron chi connectivity index (χ3n) is 5.20. The molecule has 2 heterocycles. The van der Waals surface area contributed by atoms with Crippen molar-refractivity contribution in [3.8, 4) is 5.75 Å². The molecule has 0 aliphatic carbocycles. The minimum Gasteiger partial charge on any atom is -0.489 e. The van der Waals surface area contributed by atoms with Gasteiger partial charge in [0.1, 0.15) is 18.4 Å². The van der Waals surface area contributed by atoms with Gasteiger partial charge in [-0.05, 0) is 48.2 Å². The van der Waals surface area contributed by atoms with Crippen molar-refractivity contribution >= 4 is 28.9 Å². The number of likely N-dealkylation sites (tertiary alicyclic amines) is 1. The van der Waals surface area contributed by atoms with Crippen molar-refractivity contribution in [2.75, 3.05) is 6.54 Å². The summed E-state index contributed by atoms with van der Waals surface area (Å²) < 4.78 is 6.70. The summed E-state index contributed by atoms with van der Waals surface area (Å²) in [7, 11) is 0. The largest absolute Gasteiger partial charge is 0.489 e. The Morgan fingerprint density at radius 1 is 1.17 bits per heavy atom. The number of hydrogen-bond donors (Lipinski definition) is 1. The molecule has 1 saturated heterocycles. The van der Waals surface area contributed by atoms with Crippen LogP contribution in [0.4, 0.5) is 0 Å². The Labute approximate surface area is 179 Å². The molecule has 0 spiro atoms. The molecule has 1 aliphatic rings. The SMILES string of the molecule is O=C(O)C1CCCN1C(c1cccc(OCc2ccccc2)c1)c1ccc(Cl)s1. The van der Waals surface area contributed by atoms with Crippen LogP contribution in [0, 0.1) is 0 Å². The van der Waals surface area contributed by atoms with Gasteiger partial charge in [0.25, 0.3) is 0 Å². The zero-order valence-electron chi connectivity index (χ0n) is 15.8. The quantitative estimate of drug-likeness (QED) is 0.531. The highest BCUT2D eigenvalue weighted by Gasteiger charge is 2.37. The molecule has 1 aliphatic heterocycles. The molecule has 0 amide bonds. The molecule has 2 atom stereocenters. The van der Waals surface area contributed by atoms with Crippen LogP contribution >= 0.6 is 22.9 Å². The van der Waals surface area contributed by atoms with E-state index in [9.17, 15) is 9.90 Å². The van der Waals surface area contributed by atoms with Gasteiger partial charge in [0.2, 0.25) is 0 Å². The van der Waals surface area contributed by atoms with E-state index in [1.165, 1.54) is 11.3 Å². The van der Waals surface area contributed by atoms with Gasteiger partial charge in [-0.3, -0.25) is 9.69 Å². The van der Waals surface area contributed by atoms with E-state index in [2.05, 4.69) is 4.90 Å². The van der Waals surface area contributed by atoms with Crippen molar-refractivity contribution in [2.24, 2.45) is 0 Å². The number of carboxylic acid groups (broad SMARTS) is 1. The highest BCUT2D eigenvalue weighted by molar-refractivity contribution is 7.16. The molecular formula is C23H22ClNO3S. The van der Waals surface area contributed by atoms with Gasteiger partial charge in [0, 0.05) is 11.4 Å². The fourth-order valence-electron chi connectivity index (χ4n) is 3.87. The van der Waals surface area contributed by atoms with E-state index in [0.29, 0.717) is 17.4 Å². The number of ether oxygens (including phenoxy) is 1. The Kier molecular flexibility index (Phi) is 6.19. The summed E-state index contributed by atoms with van der Waals surface area (Å²) in [5.74, 6) is -0.00304. The molecule has 2 aromatic carbocycles. The smallest absolute Gasteiger partial charge is 0.320 e. The molecule has 0 bridgehead atoms. The molecule has 1 fully saturated rings. The lowest BCUT2D eigenvalue weighted by Gasteiger charge is -2.31. The van der Waals surface area contributed by atoms with Crippen LogP contribution in [0.5, 0.6) is 5.75 Å². The summed E-state index contributed by atoms with van der Waals surface area (Å²) in [4.78, 5) is 14.9. The van der Waals surface area contributed by atoms with Crippen LogP contribution in [0.2, 0.25) is 4.34 Å². The van der Waals surface area contributed by atoms with E-state index >= 15 is 0 Å². The number of hydrogen-bond acceptors (Lipinski definition) is 4. The molecule has 29 heavy (non-hydrogen) atoms. The van der Waals surface area contributed by atoms with Gasteiger partial charge in [-0.1, -0.05) is 54.1 Å². The second kappa shape index (κ2) is 8.99. The van der Waals surface area contributed by atoms with Gasteiger partial charge in [0.05, 0.1) is 10.4 Å². The zero-order chi connectivity index (χ0) is 20.2. The number of aliphatic carboxylic acids is 1. The first-order valence-electron chi connectivity index (χ1n) is 9.62. The lowest BCUT2D eigenvalue weighted by Crippen LogP contribution is -2.39. The summed E-state index contributed by atoms with van der Waals surface area (Å²) in [5, 5.41) is 9.71. The van der Waals surface area contributed by atoms with E-state index in [1.54, 1.807) is 0 Å². The highest BCUT2D eigenvalue weighted by Crippen LogP contribution is 2.40. The Morgan fingerprint density at radius 3 is 2.72 bits per heavy atom. The minimum absolute atomic E-state index is 0.156. The number of nitrogens with zero attached hydrogens (tertiary/aromatic N) is 1. The summed E-state index contributed by atoms with van der Waals surface area (Å²) in [6.45, 7) is 1.23. The van der Waals surface area contributed by atoms with Crippen molar-refractivity contribution in [1.29, 1.82) is 0 Å². The van der Waals surface area contributed by atoms with E-state index in [4.69, 9.17) is 16.3 Å². The second-order valence-electron chi connectivity index (χ2n) is 7.13. The van der Waals surface area contributed by atoms with Crippen molar-refractivity contribution in [1.82, 2.24) is 4.90 Å². The summed E-state index contributed by atoms with van der Waals surface area (Å²) in [6.07, 6.45) is 1.53. The molecule has 0 saturated carbocycles. The van der Waals surface area contributed by atoms with Crippen molar-refractivity contribution in [2.45, 2.75) is 31.5 Å². The lowest BCUT2D eigenvalue weighted by atomic mass is 10.0. The molecule has 3 aromatic rings. The average molecular weight is 428 g/mol. The fraction of sp³-hybridized carbons (Fsp3) is 0.261. The number of thiophene rings is 1. The Balaban J connectivity index is 1.63. The van der Waals surface area contributed by atoms with Crippen LogP contribution in [0.25, 0.3) is 0 Å². The first kappa shape index (κ1) is 20.0. The molecular weight excluding hydrogens is 406 g/mol. The van der Waals surface area contributed by atoms with E-state index in [-0.39, 0.29) is 6.04 Å². The zero-order valence-corrected chi connectivity index (χ0v) is 17.4. The minimum atomic E-state index is -0.772. The Hall–Kier alpha value is -2.34. The van der Waals surface area contributed by atoms with Crippen molar-refractivity contribution in [3.63, 3.8) is 0 Å². The van der Waals surface area contributed by atoms with Crippen LogP contribution in [0.15, 0.2) is 66.7 Å². The number of benzene rings is 2. The average Bonchev–Trinajstić information content (AvgIpc) is 3.38. The summed E-state index contributed by atoms with van der Waals surface area (Å²) >= 11 is 7.70. The van der Waals surface area contributed by atoms with Gasteiger partial charge in [-0.15, -0.1) is 11.3 Å². The maximum Gasteiger partial charge on any atom is 0.320 e. The fourth-order valence-corrected chi connectivity index (χ4v) is 5.08. The maximum atomic E-state index is 11.8. The van der Waals surface area contributed by atoms with Crippen LogP contribution in [0.3, 0.4) is 0 Å². The second-order valence-corrected chi connectivity index (χ2v) is 8.87. The van der Waals surface area contributed by atoms with Crippen molar-refractivity contribution < 1.29 is 14.6 Å². The van der Waals surface area contributed by atoms with E-state index in [0.717, 1.165) is 34.7 Å². The normalized spacial score (nSPS) is 17.9. The number of halogens is 1. The number of carbonyl (C=O) groups is 1. The third kappa shape index (κ3) is 4.64. The van der Waals surface area contributed by atoms with Crippen LogP contribution in [0.1, 0.15) is 34.9 Å². The predicted molar refractivity (Wildman–Crippen MR) is 116 cm³/mol. The first-order chi connectivity index (χ1) is 14.1. The Bertz CT molecular complexity index is 975. The highest BCUT2D eigenvalue weighted by atomic mass is 35.5. The third-order valence-corrected chi connectivity index (χ3v) is 6.48. The molecule has 1 aromatic heterocycles. The topological polar surface area (TPSA) is 49.8 Å². The molecule has 150 valence electrons. The van der Waals surface area contributed by atoms with Gasteiger partial charge in [-0.2, -0.15) is 0 Å². The molecule has 0 radical (unpaired) electrons. The van der Waals surface area contributed by atoms with Gasteiger partial charge < -0.3 is 9.84 Å². The van der Waals surface area contributed by atoms with Crippen LogP contribution in [-0.4, -0.2) is 28.6 Å². The van der Waals surface area contributed by atoms with Crippen LogP contribution in [-0.2, 0) is 11.4 Å². The molecule has 4 nitrogen and oxygen atoms in total. The molecule has 6 heteroatoms. The molecule has 1 N–H and O–H groups in total. The number of rotatable bonds is 7. The predicted octanol–water partition coefficient (Wildman–Crippen LogP) is 5.62. The van der Waals surface area contributed by atoms with E-state index in [1.807, 2.05) is 66.7 Å². The maximum absolute atomic E-state index is 11.8. The van der Waals surface area contributed by atoms with Crippen molar-refractivity contribution in [3.05, 3.63) is 87.1 Å². The van der Waals surface area contributed by atoms with Gasteiger partial charge in [0.15, 0.2) is 0 Å². The standard InChI is InChI=1S/C23H22ClNO3S/c24-21-12-11-20(29-21)22(25-13-5-10-19(25)23(26)27)17-8-4-9-18(14-17)28-15-16-6-2-1-3-7-16/h1-4,6-9,11-12,14,19,22H,5,10,13,15H2,(H,26,27). The van der Waals surface area contributed by atoms with Gasteiger partial charge >= 0.3 is 5.97 Å². The molecule has 4 rings (SSSR count). The van der Waals surface area contributed by atoms with Crippen LogP contribution < -0.4 is 4.74 Å². The molecule has 2 unspecified atom stereocenters. The lowest BCUT2D eigenvalue weighted by molar-refractivity contribution is -0.142. The summed E-state index contributed by atoms with van der Waals surface area (Å²) in [6, 6.07) is 21.2. The Morgan fingerprint density at radius 2 is 2.00 bits per heavy atom. The monoisotopic (exact) mass is 427 g/mol. The first-order valence-corrected chi connectivity index (χ1v) is 10.8. The van der Waals surface area contributed by atoms with E-state index < -0.39 is 12.0 Å². The van der Waals surface area contributed by atoms with Gasteiger partial charge in [-0.25, -0.2) is 0 Å².